The van der Waals surface area contributed by atoms with Crippen LogP contribution in [0.3, 0.4) is 0 Å². The Morgan fingerprint density at radius 2 is 1.76 bits per heavy atom. The molecule has 192 valence electrons. The van der Waals surface area contributed by atoms with Gasteiger partial charge in [-0.1, -0.05) is 30.3 Å². The monoisotopic (exact) mass is 502 g/mol. The van der Waals surface area contributed by atoms with Gasteiger partial charge < -0.3 is 19.8 Å². The fraction of sp³-hybridized carbons (Fsp3) is 0.379. The molecule has 1 heterocycles. The van der Waals surface area contributed by atoms with Crippen LogP contribution in [0.15, 0.2) is 54.6 Å². The molecular formula is C29H30N2O6. The van der Waals surface area contributed by atoms with E-state index in [1.54, 1.807) is 35.2 Å². The second-order valence-electron chi connectivity index (χ2n) is 10.2. The molecule has 2 aliphatic carbocycles. The molecule has 0 spiro atoms. The Bertz CT molecular complexity index is 1340. The zero-order valence-electron chi connectivity index (χ0n) is 20.6. The number of rotatable bonds is 9. The Morgan fingerprint density at radius 1 is 1.00 bits per heavy atom. The van der Waals surface area contributed by atoms with Crippen molar-refractivity contribution in [2.45, 2.75) is 57.1 Å². The third kappa shape index (κ3) is 5.74. The Kier molecular flexibility index (Phi) is 6.82. The summed E-state index contributed by atoms with van der Waals surface area (Å²) in [6.45, 7) is 0.613. The quantitative estimate of drug-likeness (QED) is 0.359. The summed E-state index contributed by atoms with van der Waals surface area (Å²) in [4.78, 5) is 42.7. The SMILES string of the molecule is O=C(O)OC1(CN(Cc2ccc3nc(-c4ccccc4C(=O)O)ccc3c2)C(=O)CC2CC2)CCCC1. The fourth-order valence-electron chi connectivity index (χ4n) is 5.31. The Hall–Kier alpha value is -3.94. The normalized spacial score (nSPS) is 16.4. The maximum Gasteiger partial charge on any atom is 0.506 e. The summed E-state index contributed by atoms with van der Waals surface area (Å²) in [6.07, 6.45) is 4.30. The van der Waals surface area contributed by atoms with Crippen molar-refractivity contribution < 1.29 is 29.3 Å². The number of aromatic carboxylic acids is 1. The number of fused-ring (bicyclic) bond motifs is 1. The topological polar surface area (TPSA) is 117 Å². The van der Waals surface area contributed by atoms with E-state index in [1.807, 2.05) is 24.3 Å². The van der Waals surface area contributed by atoms with E-state index in [1.165, 1.54) is 0 Å². The molecule has 3 aromatic rings. The van der Waals surface area contributed by atoms with Crippen LogP contribution in [0.25, 0.3) is 22.2 Å². The van der Waals surface area contributed by atoms with Crippen LogP contribution < -0.4 is 0 Å². The molecule has 1 aromatic heterocycles. The van der Waals surface area contributed by atoms with Crippen LogP contribution in [0.5, 0.6) is 0 Å². The van der Waals surface area contributed by atoms with Crippen molar-refractivity contribution in [2.75, 3.05) is 6.54 Å². The molecule has 2 aliphatic rings. The third-order valence-corrected chi connectivity index (χ3v) is 7.37. The number of benzene rings is 2. The van der Waals surface area contributed by atoms with Crippen LogP contribution in [0, 0.1) is 5.92 Å². The van der Waals surface area contributed by atoms with Crippen LogP contribution in [-0.2, 0) is 16.1 Å². The molecule has 8 heteroatoms. The number of nitrogens with zero attached hydrogens (tertiary/aromatic N) is 2. The summed E-state index contributed by atoms with van der Waals surface area (Å²) in [7, 11) is 0. The lowest BCUT2D eigenvalue weighted by Crippen LogP contribution is -2.46. The van der Waals surface area contributed by atoms with E-state index >= 15 is 0 Å². The number of carbonyl (C=O) groups excluding carboxylic acids is 1. The molecule has 0 bridgehead atoms. The number of carboxylic acid groups (broad SMARTS) is 2. The summed E-state index contributed by atoms with van der Waals surface area (Å²) in [5.41, 5.74) is 2.11. The van der Waals surface area contributed by atoms with Gasteiger partial charge in [0.05, 0.1) is 23.3 Å². The van der Waals surface area contributed by atoms with Crippen LogP contribution in [-0.4, -0.2) is 50.3 Å². The highest BCUT2D eigenvalue weighted by Crippen LogP contribution is 2.37. The molecule has 2 saturated carbocycles. The maximum atomic E-state index is 13.2. The average molecular weight is 503 g/mol. The van der Waals surface area contributed by atoms with Crippen LogP contribution in [0.4, 0.5) is 4.79 Å². The van der Waals surface area contributed by atoms with E-state index < -0.39 is 17.7 Å². The van der Waals surface area contributed by atoms with E-state index in [-0.39, 0.29) is 18.0 Å². The first-order chi connectivity index (χ1) is 17.8. The van der Waals surface area contributed by atoms with Gasteiger partial charge in [-0.25, -0.2) is 14.6 Å². The molecule has 5 rings (SSSR count). The lowest BCUT2D eigenvalue weighted by molar-refractivity contribution is -0.136. The van der Waals surface area contributed by atoms with Gasteiger partial charge >= 0.3 is 12.1 Å². The molecule has 2 aromatic carbocycles. The number of carbonyl (C=O) groups is 3. The largest absolute Gasteiger partial charge is 0.506 e. The first-order valence-electron chi connectivity index (χ1n) is 12.7. The number of ether oxygens (including phenoxy) is 1. The standard InChI is InChI=1S/C29H30N2O6/c32-26(16-19-7-8-19)31(18-29(37-28(35)36)13-3-4-14-29)17-20-9-11-24-21(15-20)10-12-25(30-24)22-5-1-2-6-23(22)27(33)34/h1-2,5-6,9-12,15,19H,3-4,7-8,13-14,16-18H2,(H,33,34)(H,35,36). The molecule has 0 radical (unpaired) electrons. The fourth-order valence-corrected chi connectivity index (χ4v) is 5.31. The van der Waals surface area contributed by atoms with Crippen LogP contribution in [0.2, 0.25) is 0 Å². The van der Waals surface area contributed by atoms with E-state index in [4.69, 9.17) is 4.74 Å². The molecule has 0 atom stereocenters. The van der Waals surface area contributed by atoms with Gasteiger partial charge in [-0.15, -0.1) is 0 Å². The number of pyridine rings is 1. The molecule has 1 amide bonds. The molecule has 0 aliphatic heterocycles. The lowest BCUT2D eigenvalue weighted by atomic mass is 10.00. The van der Waals surface area contributed by atoms with E-state index in [0.717, 1.165) is 42.1 Å². The van der Waals surface area contributed by atoms with Crippen molar-refractivity contribution in [3.63, 3.8) is 0 Å². The minimum atomic E-state index is -1.30. The van der Waals surface area contributed by atoms with Gasteiger partial charge in [0, 0.05) is 23.9 Å². The number of hydrogen-bond acceptors (Lipinski definition) is 5. The Balaban J connectivity index is 1.41. The number of aromatic nitrogens is 1. The van der Waals surface area contributed by atoms with E-state index in [0.29, 0.717) is 43.0 Å². The average Bonchev–Trinajstić information content (AvgIpc) is 3.58. The number of hydrogen-bond donors (Lipinski definition) is 2. The van der Waals surface area contributed by atoms with Gasteiger partial charge in [0.2, 0.25) is 5.91 Å². The third-order valence-electron chi connectivity index (χ3n) is 7.37. The van der Waals surface area contributed by atoms with Crippen molar-refractivity contribution in [3.8, 4) is 11.3 Å². The predicted octanol–water partition coefficient (Wildman–Crippen LogP) is 5.74. The molecule has 0 unspecified atom stereocenters. The van der Waals surface area contributed by atoms with Crippen molar-refractivity contribution >= 4 is 28.9 Å². The molecule has 2 N–H and O–H groups in total. The summed E-state index contributed by atoms with van der Waals surface area (Å²) < 4.78 is 5.36. The molecule has 2 fully saturated rings. The second kappa shape index (κ2) is 10.2. The highest BCUT2D eigenvalue weighted by atomic mass is 16.7. The van der Waals surface area contributed by atoms with Gasteiger partial charge in [0.1, 0.15) is 5.60 Å². The first-order valence-corrected chi connectivity index (χ1v) is 12.7. The van der Waals surface area contributed by atoms with Crippen LogP contribution in [0.1, 0.15) is 60.9 Å². The van der Waals surface area contributed by atoms with Gasteiger partial charge in [-0.2, -0.15) is 0 Å². The molecule has 8 nitrogen and oxygen atoms in total. The number of amides is 1. The highest BCUT2D eigenvalue weighted by molar-refractivity contribution is 5.96. The summed E-state index contributed by atoms with van der Waals surface area (Å²) in [5.74, 6) is -0.555. The van der Waals surface area contributed by atoms with Gasteiger partial charge in [0.25, 0.3) is 0 Å². The van der Waals surface area contributed by atoms with Crippen molar-refractivity contribution in [1.29, 1.82) is 0 Å². The predicted molar refractivity (Wildman–Crippen MR) is 137 cm³/mol. The molecule has 37 heavy (non-hydrogen) atoms. The highest BCUT2D eigenvalue weighted by Gasteiger charge is 2.41. The lowest BCUT2D eigenvalue weighted by Gasteiger charge is -2.34. The zero-order chi connectivity index (χ0) is 26.0. The molecule has 0 saturated heterocycles. The van der Waals surface area contributed by atoms with Crippen LogP contribution >= 0.6 is 0 Å². The van der Waals surface area contributed by atoms with Gasteiger partial charge in [-0.05, 0) is 74.3 Å². The smallest absolute Gasteiger partial charge is 0.478 e. The number of carboxylic acids is 1. The maximum absolute atomic E-state index is 13.2. The molecular weight excluding hydrogens is 472 g/mol. The van der Waals surface area contributed by atoms with Crippen molar-refractivity contribution in [2.24, 2.45) is 5.92 Å². The summed E-state index contributed by atoms with van der Waals surface area (Å²) in [6, 6.07) is 16.3. The van der Waals surface area contributed by atoms with E-state index in [2.05, 4.69) is 4.98 Å². The van der Waals surface area contributed by atoms with Gasteiger partial charge in [0.15, 0.2) is 0 Å². The Labute approximate surface area is 214 Å². The summed E-state index contributed by atoms with van der Waals surface area (Å²) >= 11 is 0. The second-order valence-corrected chi connectivity index (χ2v) is 10.2. The van der Waals surface area contributed by atoms with Gasteiger partial charge in [-0.3, -0.25) is 4.79 Å². The summed E-state index contributed by atoms with van der Waals surface area (Å²) in [5, 5.41) is 19.7. The Morgan fingerprint density at radius 3 is 2.46 bits per heavy atom. The van der Waals surface area contributed by atoms with E-state index in [9.17, 15) is 24.6 Å². The minimum Gasteiger partial charge on any atom is -0.478 e. The first kappa shape index (κ1) is 24.7. The van der Waals surface area contributed by atoms with Crippen molar-refractivity contribution in [1.82, 2.24) is 9.88 Å². The zero-order valence-corrected chi connectivity index (χ0v) is 20.6. The van der Waals surface area contributed by atoms with Crippen molar-refractivity contribution in [3.05, 3.63) is 65.7 Å². The minimum absolute atomic E-state index is 0.0293.